The van der Waals surface area contributed by atoms with Gasteiger partial charge in [-0.1, -0.05) is 18.2 Å². The molecule has 5 heteroatoms. The number of hydrogen-bond acceptors (Lipinski definition) is 4. The van der Waals surface area contributed by atoms with E-state index < -0.39 is 5.91 Å². The molecule has 1 amide bonds. The quantitative estimate of drug-likeness (QED) is 0.764. The summed E-state index contributed by atoms with van der Waals surface area (Å²) in [5.74, 6) is -0.414. The smallest absolute Gasteiger partial charge is 0.259 e. The van der Waals surface area contributed by atoms with Gasteiger partial charge in [0.05, 0.1) is 12.4 Å². The van der Waals surface area contributed by atoms with Crippen LogP contribution in [0.4, 0.5) is 0 Å². The first-order valence-corrected chi connectivity index (χ1v) is 6.17. The molecule has 0 saturated carbocycles. The van der Waals surface area contributed by atoms with Crippen LogP contribution in [-0.4, -0.2) is 16.1 Å². The summed E-state index contributed by atoms with van der Waals surface area (Å²) < 4.78 is 1.04. The molecule has 2 N–H and O–H groups in total. The molecule has 3 rings (SSSR count). The van der Waals surface area contributed by atoms with Crippen LogP contribution in [0, 0.1) is 0 Å². The summed E-state index contributed by atoms with van der Waals surface area (Å²) in [5.41, 5.74) is 7.15. The van der Waals surface area contributed by atoms with E-state index in [4.69, 9.17) is 5.73 Å². The number of carbonyl (C=O) groups excluding carboxylic acids is 1. The van der Waals surface area contributed by atoms with Crippen LogP contribution in [0.2, 0.25) is 0 Å². The van der Waals surface area contributed by atoms with Crippen LogP contribution < -0.4 is 5.73 Å². The highest BCUT2D eigenvalue weighted by atomic mass is 32.1. The maximum absolute atomic E-state index is 11.6. The molecule has 0 atom stereocenters. The number of aromatic nitrogens is 2. The van der Waals surface area contributed by atoms with Crippen LogP contribution in [-0.2, 0) is 0 Å². The molecule has 1 aromatic carbocycles. The Hall–Kier alpha value is -2.27. The lowest BCUT2D eigenvalue weighted by molar-refractivity contribution is 0.100. The van der Waals surface area contributed by atoms with E-state index in [1.54, 1.807) is 12.4 Å². The molecule has 2 aromatic heterocycles. The second-order valence-corrected chi connectivity index (χ2v) is 4.85. The largest absolute Gasteiger partial charge is 0.365 e. The molecule has 0 unspecified atom stereocenters. The first kappa shape index (κ1) is 10.9. The van der Waals surface area contributed by atoms with E-state index in [9.17, 15) is 4.79 Å². The van der Waals surface area contributed by atoms with Gasteiger partial charge in [-0.15, -0.1) is 11.3 Å². The lowest BCUT2D eigenvalue weighted by Gasteiger charge is -2.01. The fourth-order valence-electron chi connectivity index (χ4n) is 1.94. The van der Waals surface area contributed by atoms with Crippen molar-refractivity contribution in [3.8, 4) is 11.1 Å². The predicted molar refractivity (Wildman–Crippen MR) is 71.4 cm³/mol. The van der Waals surface area contributed by atoms with E-state index in [1.807, 2.05) is 30.3 Å². The van der Waals surface area contributed by atoms with Crippen molar-refractivity contribution in [1.82, 2.24) is 10.2 Å². The van der Waals surface area contributed by atoms with Crippen molar-refractivity contribution in [2.24, 2.45) is 5.73 Å². The number of amides is 1. The molecule has 0 aliphatic rings. The van der Waals surface area contributed by atoms with Crippen molar-refractivity contribution in [2.75, 3.05) is 0 Å². The van der Waals surface area contributed by atoms with Gasteiger partial charge in [-0.25, -0.2) is 0 Å². The molecule has 0 spiro atoms. The zero-order chi connectivity index (χ0) is 12.5. The molecule has 0 saturated heterocycles. The Labute approximate surface area is 107 Å². The Kier molecular flexibility index (Phi) is 2.53. The van der Waals surface area contributed by atoms with E-state index in [0.717, 1.165) is 21.2 Å². The van der Waals surface area contributed by atoms with Gasteiger partial charge in [0.25, 0.3) is 5.91 Å². The first-order valence-electron chi connectivity index (χ1n) is 5.36. The summed E-state index contributed by atoms with van der Waals surface area (Å²) in [4.78, 5) is 12.1. The normalized spacial score (nSPS) is 10.7. The lowest BCUT2D eigenvalue weighted by atomic mass is 10.0. The second kappa shape index (κ2) is 4.19. The minimum Gasteiger partial charge on any atom is -0.365 e. The third kappa shape index (κ3) is 1.65. The van der Waals surface area contributed by atoms with E-state index in [0.29, 0.717) is 4.88 Å². The van der Waals surface area contributed by atoms with Crippen molar-refractivity contribution >= 4 is 27.3 Å². The van der Waals surface area contributed by atoms with Crippen LogP contribution in [0.25, 0.3) is 21.2 Å². The van der Waals surface area contributed by atoms with Gasteiger partial charge in [-0.3, -0.25) is 4.79 Å². The Balaban J connectivity index is 2.38. The zero-order valence-electron chi connectivity index (χ0n) is 9.33. The number of benzene rings is 1. The fraction of sp³-hybridized carbons (Fsp3) is 0. The Morgan fingerprint density at radius 3 is 2.72 bits per heavy atom. The number of carbonyl (C=O) groups is 1. The van der Waals surface area contributed by atoms with Gasteiger partial charge in [-0.05, 0) is 12.1 Å². The van der Waals surface area contributed by atoms with Crippen LogP contribution in [0.15, 0.2) is 42.7 Å². The summed E-state index contributed by atoms with van der Waals surface area (Å²) in [5, 5.41) is 8.62. The summed E-state index contributed by atoms with van der Waals surface area (Å²) in [6.45, 7) is 0. The highest BCUT2D eigenvalue weighted by Crippen LogP contribution is 2.37. The first-order chi connectivity index (χ1) is 8.77. The summed E-state index contributed by atoms with van der Waals surface area (Å²) in [6, 6.07) is 9.67. The molecule has 3 aromatic rings. The van der Waals surface area contributed by atoms with Crippen molar-refractivity contribution in [1.29, 1.82) is 0 Å². The third-order valence-electron chi connectivity index (χ3n) is 2.69. The van der Waals surface area contributed by atoms with Crippen LogP contribution >= 0.6 is 11.3 Å². The van der Waals surface area contributed by atoms with Crippen molar-refractivity contribution in [3.05, 3.63) is 47.6 Å². The van der Waals surface area contributed by atoms with Gasteiger partial charge in [0.2, 0.25) is 0 Å². The van der Waals surface area contributed by atoms with Crippen LogP contribution in [0.3, 0.4) is 0 Å². The SMILES string of the molecule is NC(=O)c1sc2ccccc2c1-c1ccnnc1. The number of hydrogen-bond donors (Lipinski definition) is 1. The van der Waals surface area contributed by atoms with E-state index in [2.05, 4.69) is 10.2 Å². The lowest BCUT2D eigenvalue weighted by Crippen LogP contribution is -2.09. The fourth-order valence-corrected chi connectivity index (χ4v) is 3.02. The maximum Gasteiger partial charge on any atom is 0.259 e. The molecule has 0 aliphatic carbocycles. The maximum atomic E-state index is 11.6. The predicted octanol–water partition coefficient (Wildman–Crippen LogP) is 2.46. The number of rotatable bonds is 2. The molecule has 88 valence electrons. The monoisotopic (exact) mass is 255 g/mol. The number of nitrogens with zero attached hydrogens (tertiary/aromatic N) is 2. The van der Waals surface area contributed by atoms with E-state index in [-0.39, 0.29) is 0 Å². The van der Waals surface area contributed by atoms with Gasteiger partial charge >= 0.3 is 0 Å². The summed E-state index contributed by atoms with van der Waals surface area (Å²) in [7, 11) is 0. The minimum absolute atomic E-state index is 0.414. The molecule has 4 nitrogen and oxygen atoms in total. The topological polar surface area (TPSA) is 68.9 Å². The molecular formula is C13H9N3OS. The van der Waals surface area contributed by atoms with Gasteiger partial charge in [0, 0.05) is 21.2 Å². The second-order valence-electron chi connectivity index (χ2n) is 3.80. The molecule has 0 aliphatic heterocycles. The standard InChI is InChI=1S/C13H9N3OS/c14-13(17)12-11(8-5-6-15-16-7-8)9-3-1-2-4-10(9)18-12/h1-7H,(H2,14,17). The van der Waals surface area contributed by atoms with Crippen molar-refractivity contribution in [3.63, 3.8) is 0 Å². The Morgan fingerprint density at radius 1 is 1.17 bits per heavy atom. The molecule has 0 radical (unpaired) electrons. The van der Waals surface area contributed by atoms with Crippen molar-refractivity contribution in [2.45, 2.75) is 0 Å². The zero-order valence-corrected chi connectivity index (χ0v) is 10.1. The third-order valence-corrected chi connectivity index (χ3v) is 3.88. The molecule has 0 fully saturated rings. The molecule has 2 heterocycles. The van der Waals surface area contributed by atoms with E-state index >= 15 is 0 Å². The number of nitrogens with two attached hydrogens (primary N) is 1. The van der Waals surface area contributed by atoms with Gasteiger partial charge < -0.3 is 5.73 Å². The highest BCUT2D eigenvalue weighted by molar-refractivity contribution is 7.21. The molecule has 18 heavy (non-hydrogen) atoms. The van der Waals surface area contributed by atoms with Crippen molar-refractivity contribution < 1.29 is 4.79 Å². The minimum atomic E-state index is -0.414. The van der Waals surface area contributed by atoms with Crippen LogP contribution in [0.5, 0.6) is 0 Å². The summed E-state index contributed by atoms with van der Waals surface area (Å²) in [6.07, 6.45) is 3.24. The Bertz CT molecular complexity index is 721. The van der Waals surface area contributed by atoms with Gasteiger partial charge in [0.1, 0.15) is 4.88 Å². The molecule has 0 bridgehead atoms. The summed E-state index contributed by atoms with van der Waals surface area (Å²) >= 11 is 1.40. The highest BCUT2D eigenvalue weighted by Gasteiger charge is 2.17. The van der Waals surface area contributed by atoms with E-state index in [1.165, 1.54) is 11.3 Å². The number of fused-ring (bicyclic) bond motifs is 1. The van der Waals surface area contributed by atoms with Gasteiger partial charge in [-0.2, -0.15) is 10.2 Å². The number of primary amides is 1. The molecular weight excluding hydrogens is 246 g/mol. The average molecular weight is 255 g/mol. The number of thiophene rings is 1. The van der Waals surface area contributed by atoms with Gasteiger partial charge in [0.15, 0.2) is 0 Å². The van der Waals surface area contributed by atoms with Crippen LogP contribution in [0.1, 0.15) is 9.67 Å². The Morgan fingerprint density at radius 2 is 2.00 bits per heavy atom. The average Bonchev–Trinajstić information content (AvgIpc) is 2.79.